The zero-order chi connectivity index (χ0) is 10.8. The van der Waals surface area contributed by atoms with E-state index < -0.39 is 5.97 Å². The van der Waals surface area contributed by atoms with Gasteiger partial charge in [-0.1, -0.05) is 30.3 Å². The number of carboxylic acid groups (broad SMARTS) is 1. The van der Waals surface area contributed by atoms with E-state index in [1.807, 2.05) is 37.3 Å². The van der Waals surface area contributed by atoms with Crippen LogP contribution in [0.25, 0.3) is 10.4 Å². The quantitative estimate of drug-likeness (QED) is 0.772. The molecule has 0 N–H and O–H groups in total. The van der Waals surface area contributed by atoms with Crippen molar-refractivity contribution in [1.82, 2.24) is 0 Å². The van der Waals surface area contributed by atoms with Gasteiger partial charge in [-0.25, -0.2) is 0 Å². The summed E-state index contributed by atoms with van der Waals surface area (Å²) in [6, 6.07) is 11.4. The Bertz CT molecular complexity index is 486. The maximum Gasteiger partial charge on any atom is 0.0815 e. The second-order valence-corrected chi connectivity index (χ2v) is 4.33. The largest absolute Gasteiger partial charge is 0.544 e. The molecule has 2 rings (SSSR count). The summed E-state index contributed by atoms with van der Waals surface area (Å²) in [5, 5.41) is 10.7. The molecule has 3 heteroatoms. The summed E-state index contributed by atoms with van der Waals surface area (Å²) in [6.45, 7) is 1.91. The second-order valence-electron chi connectivity index (χ2n) is 3.28. The van der Waals surface area contributed by atoms with Crippen LogP contribution in [0.2, 0.25) is 0 Å². The first kappa shape index (κ1) is 9.93. The highest BCUT2D eigenvalue weighted by Crippen LogP contribution is 2.31. The monoisotopic (exact) mass is 217 g/mol. The van der Waals surface area contributed by atoms with Crippen molar-refractivity contribution in [2.45, 2.75) is 6.92 Å². The number of hydrogen-bond acceptors (Lipinski definition) is 3. The Morgan fingerprint density at radius 3 is 2.47 bits per heavy atom. The van der Waals surface area contributed by atoms with E-state index in [0.29, 0.717) is 0 Å². The molecule has 0 saturated heterocycles. The zero-order valence-corrected chi connectivity index (χ0v) is 9.01. The van der Waals surface area contributed by atoms with Gasteiger partial charge in [0.05, 0.1) is 10.8 Å². The molecule has 2 aromatic rings. The van der Waals surface area contributed by atoms with Gasteiger partial charge in [-0.2, -0.15) is 0 Å². The number of rotatable bonds is 2. The Hall–Kier alpha value is -1.61. The third kappa shape index (κ3) is 1.92. The van der Waals surface area contributed by atoms with Gasteiger partial charge >= 0.3 is 0 Å². The maximum atomic E-state index is 10.7. The van der Waals surface area contributed by atoms with Crippen LogP contribution < -0.4 is 5.11 Å². The summed E-state index contributed by atoms with van der Waals surface area (Å²) in [5.41, 5.74) is 2.03. The Morgan fingerprint density at radius 1 is 1.27 bits per heavy atom. The molecule has 0 unspecified atom stereocenters. The van der Waals surface area contributed by atoms with Crippen molar-refractivity contribution in [2.24, 2.45) is 0 Å². The normalized spacial score (nSPS) is 10.2. The molecule has 1 aromatic heterocycles. The molecule has 0 spiro atoms. The predicted octanol–water partition coefficient (Wildman–Crippen LogP) is 2.09. The Morgan fingerprint density at radius 2 is 1.93 bits per heavy atom. The summed E-state index contributed by atoms with van der Waals surface area (Å²) in [6.07, 6.45) is 0. The summed E-state index contributed by atoms with van der Waals surface area (Å²) >= 11 is 1.26. The highest BCUT2D eigenvalue weighted by molar-refractivity contribution is 7.17. The molecule has 0 atom stereocenters. The molecule has 0 aliphatic rings. The van der Waals surface area contributed by atoms with Crippen LogP contribution >= 0.6 is 11.3 Å². The fourth-order valence-corrected chi connectivity index (χ4v) is 2.47. The van der Waals surface area contributed by atoms with Gasteiger partial charge in [0.2, 0.25) is 0 Å². The van der Waals surface area contributed by atoms with Gasteiger partial charge in [0.25, 0.3) is 0 Å². The van der Waals surface area contributed by atoms with Crippen LogP contribution in [0.15, 0.2) is 36.4 Å². The van der Waals surface area contributed by atoms with Crippen molar-refractivity contribution >= 4 is 17.3 Å². The molecule has 0 amide bonds. The number of carbonyl (C=O) groups excluding carboxylic acids is 1. The lowest BCUT2D eigenvalue weighted by Gasteiger charge is -1.98. The third-order valence-corrected chi connectivity index (χ3v) is 3.42. The highest BCUT2D eigenvalue weighted by Gasteiger charge is 2.07. The van der Waals surface area contributed by atoms with Crippen molar-refractivity contribution in [2.75, 3.05) is 0 Å². The molecule has 0 radical (unpaired) electrons. The molecular formula is C12H9O2S-. The highest BCUT2D eigenvalue weighted by atomic mass is 32.1. The van der Waals surface area contributed by atoms with Gasteiger partial charge in [0.15, 0.2) is 0 Å². The molecule has 2 nitrogen and oxygen atoms in total. The Kier molecular flexibility index (Phi) is 2.56. The Labute approximate surface area is 91.8 Å². The number of thiophene rings is 1. The standard InChI is InChI=1S/C12H10O2S/c1-8-7-10(12(13)14)15-11(8)9-5-3-2-4-6-9/h2-7H,1H3,(H,13,14)/p-1. The van der Waals surface area contributed by atoms with Crippen molar-refractivity contribution < 1.29 is 9.90 Å². The molecule has 0 fully saturated rings. The molecule has 1 heterocycles. The zero-order valence-electron chi connectivity index (χ0n) is 8.19. The van der Waals surface area contributed by atoms with Crippen LogP contribution in [0.3, 0.4) is 0 Å². The SMILES string of the molecule is Cc1cc(C(=O)[O-])sc1-c1ccccc1. The lowest BCUT2D eigenvalue weighted by molar-refractivity contribution is -0.254. The Balaban J connectivity index is 2.50. The van der Waals surface area contributed by atoms with Gasteiger partial charge in [-0.05, 0) is 24.1 Å². The predicted molar refractivity (Wildman–Crippen MR) is 58.8 cm³/mol. The van der Waals surface area contributed by atoms with Crippen molar-refractivity contribution in [1.29, 1.82) is 0 Å². The van der Waals surface area contributed by atoms with Gasteiger partial charge in [-0.3, -0.25) is 0 Å². The number of carbonyl (C=O) groups is 1. The lowest BCUT2D eigenvalue weighted by Crippen LogP contribution is -2.20. The van der Waals surface area contributed by atoms with Gasteiger partial charge in [0.1, 0.15) is 0 Å². The smallest absolute Gasteiger partial charge is 0.0815 e. The molecule has 0 bridgehead atoms. The topological polar surface area (TPSA) is 40.1 Å². The minimum Gasteiger partial charge on any atom is -0.544 e. The van der Waals surface area contributed by atoms with Gasteiger partial charge in [0, 0.05) is 4.88 Å². The van der Waals surface area contributed by atoms with E-state index in [4.69, 9.17) is 0 Å². The van der Waals surface area contributed by atoms with Crippen LogP contribution in [0, 0.1) is 6.92 Å². The fourth-order valence-electron chi connectivity index (χ4n) is 1.46. The maximum absolute atomic E-state index is 10.7. The number of aromatic carboxylic acids is 1. The van der Waals surface area contributed by atoms with E-state index >= 15 is 0 Å². The minimum absolute atomic E-state index is 0.284. The van der Waals surface area contributed by atoms with Crippen LogP contribution in [0.5, 0.6) is 0 Å². The van der Waals surface area contributed by atoms with E-state index in [0.717, 1.165) is 16.0 Å². The number of carboxylic acids is 1. The number of benzene rings is 1. The molecule has 15 heavy (non-hydrogen) atoms. The van der Waals surface area contributed by atoms with Crippen LogP contribution in [0.4, 0.5) is 0 Å². The molecule has 0 aliphatic carbocycles. The van der Waals surface area contributed by atoms with E-state index in [1.54, 1.807) is 6.07 Å². The van der Waals surface area contributed by atoms with E-state index in [2.05, 4.69) is 0 Å². The molecule has 1 aromatic carbocycles. The van der Waals surface area contributed by atoms with E-state index in [-0.39, 0.29) is 4.88 Å². The first-order valence-corrected chi connectivity index (χ1v) is 5.37. The second kappa shape index (κ2) is 3.87. The molecular weight excluding hydrogens is 208 g/mol. The van der Waals surface area contributed by atoms with Gasteiger partial charge in [-0.15, -0.1) is 11.3 Å². The minimum atomic E-state index is -1.11. The number of hydrogen-bond donors (Lipinski definition) is 0. The average Bonchev–Trinajstić information content (AvgIpc) is 2.62. The van der Waals surface area contributed by atoms with Crippen LogP contribution in [-0.4, -0.2) is 5.97 Å². The summed E-state index contributed by atoms with van der Waals surface area (Å²) in [5.74, 6) is -1.11. The summed E-state index contributed by atoms with van der Waals surface area (Å²) in [4.78, 5) is 12.0. The first-order chi connectivity index (χ1) is 7.18. The average molecular weight is 217 g/mol. The fraction of sp³-hybridized carbons (Fsp3) is 0.0833. The third-order valence-electron chi connectivity index (χ3n) is 2.15. The van der Waals surface area contributed by atoms with Crippen LogP contribution in [-0.2, 0) is 0 Å². The van der Waals surface area contributed by atoms with E-state index in [1.165, 1.54) is 11.3 Å². The first-order valence-electron chi connectivity index (χ1n) is 4.55. The lowest BCUT2D eigenvalue weighted by atomic mass is 10.1. The van der Waals surface area contributed by atoms with Crippen LogP contribution in [0.1, 0.15) is 15.2 Å². The van der Waals surface area contributed by atoms with Crippen molar-refractivity contribution in [3.63, 3.8) is 0 Å². The van der Waals surface area contributed by atoms with E-state index in [9.17, 15) is 9.90 Å². The van der Waals surface area contributed by atoms with Crippen molar-refractivity contribution in [3.05, 3.63) is 46.8 Å². The molecule has 0 aliphatic heterocycles. The number of aryl methyl sites for hydroxylation is 1. The van der Waals surface area contributed by atoms with Gasteiger partial charge < -0.3 is 9.90 Å². The van der Waals surface area contributed by atoms with Crippen molar-refractivity contribution in [3.8, 4) is 10.4 Å². The molecule has 0 saturated carbocycles. The summed E-state index contributed by atoms with van der Waals surface area (Å²) in [7, 11) is 0. The summed E-state index contributed by atoms with van der Waals surface area (Å²) < 4.78 is 0. The molecule has 76 valence electrons.